The molecular formula is C13H16OS. The van der Waals surface area contributed by atoms with E-state index in [9.17, 15) is 4.79 Å². The van der Waals surface area contributed by atoms with Crippen molar-refractivity contribution in [2.24, 2.45) is 0 Å². The predicted octanol–water partition coefficient (Wildman–Crippen LogP) is 3.80. The number of carbonyl (C=O) groups is 1. The van der Waals surface area contributed by atoms with Gasteiger partial charge in [-0.15, -0.1) is 0 Å². The molecule has 0 aliphatic carbocycles. The van der Waals surface area contributed by atoms with Gasteiger partial charge in [0.05, 0.1) is 0 Å². The molecule has 0 heterocycles. The average Bonchev–Trinajstić information content (AvgIpc) is 2.25. The van der Waals surface area contributed by atoms with Crippen molar-refractivity contribution in [2.75, 3.05) is 0 Å². The van der Waals surface area contributed by atoms with Crippen LogP contribution in [0.5, 0.6) is 0 Å². The Labute approximate surface area is 95.6 Å². The van der Waals surface area contributed by atoms with Crippen molar-refractivity contribution in [3.8, 4) is 0 Å². The van der Waals surface area contributed by atoms with Gasteiger partial charge in [0.15, 0.2) is 5.12 Å². The van der Waals surface area contributed by atoms with E-state index >= 15 is 0 Å². The van der Waals surface area contributed by atoms with E-state index in [0.717, 1.165) is 5.75 Å². The van der Waals surface area contributed by atoms with E-state index in [1.165, 1.54) is 22.9 Å². The van der Waals surface area contributed by atoms with Gasteiger partial charge in [-0.2, -0.15) is 0 Å². The summed E-state index contributed by atoms with van der Waals surface area (Å²) in [6.45, 7) is 4.02. The highest BCUT2D eigenvalue weighted by Gasteiger charge is 2.00. The summed E-state index contributed by atoms with van der Waals surface area (Å²) in [5.41, 5.74) is 2.40. The molecule has 1 rings (SSSR count). The third kappa shape index (κ3) is 5.43. The predicted molar refractivity (Wildman–Crippen MR) is 66.8 cm³/mol. The Hall–Kier alpha value is -1.02. The first-order valence-electron chi connectivity index (χ1n) is 5.01. The fourth-order valence-corrected chi connectivity index (χ4v) is 1.81. The van der Waals surface area contributed by atoms with Gasteiger partial charge < -0.3 is 0 Å². The van der Waals surface area contributed by atoms with Crippen LogP contribution < -0.4 is 0 Å². The standard InChI is InChI=1S/C13H16OS/c1-11(2)8-9-13(14)15-10-12-6-4-3-5-7-12/h3-8H,9-10H2,1-2H3. The van der Waals surface area contributed by atoms with Crippen molar-refractivity contribution < 1.29 is 4.79 Å². The maximum atomic E-state index is 11.4. The van der Waals surface area contributed by atoms with Crippen LogP contribution in [0.2, 0.25) is 0 Å². The van der Waals surface area contributed by atoms with Crippen molar-refractivity contribution in [3.05, 3.63) is 47.5 Å². The lowest BCUT2D eigenvalue weighted by molar-refractivity contribution is -0.110. The van der Waals surface area contributed by atoms with Gasteiger partial charge in [0, 0.05) is 12.2 Å². The second kappa shape index (κ2) is 6.46. The molecule has 0 aliphatic heterocycles. The molecule has 0 bridgehead atoms. The van der Waals surface area contributed by atoms with Crippen molar-refractivity contribution in [3.63, 3.8) is 0 Å². The van der Waals surface area contributed by atoms with Crippen molar-refractivity contribution >= 4 is 16.9 Å². The van der Waals surface area contributed by atoms with E-state index in [1.807, 2.05) is 50.3 Å². The Kier molecular flexibility index (Phi) is 5.19. The summed E-state index contributed by atoms with van der Waals surface area (Å²) in [5, 5.41) is 0.236. The van der Waals surface area contributed by atoms with Crippen LogP contribution in [0.15, 0.2) is 42.0 Å². The van der Waals surface area contributed by atoms with Gasteiger partial charge in [-0.3, -0.25) is 4.79 Å². The van der Waals surface area contributed by atoms with Crippen LogP contribution in [-0.4, -0.2) is 5.12 Å². The number of benzene rings is 1. The topological polar surface area (TPSA) is 17.1 Å². The number of carbonyl (C=O) groups excluding carboxylic acids is 1. The molecule has 0 saturated heterocycles. The first-order valence-corrected chi connectivity index (χ1v) is 6.00. The largest absolute Gasteiger partial charge is 0.287 e. The molecule has 80 valence electrons. The monoisotopic (exact) mass is 220 g/mol. The average molecular weight is 220 g/mol. The molecule has 0 atom stereocenters. The first-order chi connectivity index (χ1) is 7.18. The Morgan fingerprint density at radius 1 is 1.27 bits per heavy atom. The number of rotatable bonds is 4. The lowest BCUT2D eigenvalue weighted by Gasteiger charge is -1.99. The molecule has 1 nitrogen and oxygen atoms in total. The summed E-state index contributed by atoms with van der Waals surface area (Å²) < 4.78 is 0. The molecule has 15 heavy (non-hydrogen) atoms. The number of thioether (sulfide) groups is 1. The lowest BCUT2D eigenvalue weighted by atomic mass is 10.2. The fraction of sp³-hybridized carbons (Fsp3) is 0.308. The van der Waals surface area contributed by atoms with Crippen molar-refractivity contribution in [1.82, 2.24) is 0 Å². The molecule has 1 aromatic carbocycles. The molecule has 0 fully saturated rings. The molecule has 0 spiro atoms. The number of hydrogen-bond acceptors (Lipinski definition) is 2. The van der Waals surface area contributed by atoms with Crippen LogP contribution in [0.4, 0.5) is 0 Å². The van der Waals surface area contributed by atoms with Crippen molar-refractivity contribution in [2.45, 2.75) is 26.0 Å². The SMILES string of the molecule is CC(C)=CCC(=O)SCc1ccccc1. The van der Waals surface area contributed by atoms with E-state index in [4.69, 9.17) is 0 Å². The van der Waals surface area contributed by atoms with Crippen LogP contribution >= 0.6 is 11.8 Å². The Morgan fingerprint density at radius 3 is 2.53 bits per heavy atom. The zero-order valence-electron chi connectivity index (χ0n) is 9.19. The van der Waals surface area contributed by atoms with Crippen LogP contribution in [-0.2, 0) is 10.5 Å². The number of hydrogen-bond donors (Lipinski definition) is 0. The third-order valence-electron chi connectivity index (χ3n) is 1.92. The van der Waals surface area contributed by atoms with Crippen LogP contribution in [0.1, 0.15) is 25.8 Å². The van der Waals surface area contributed by atoms with E-state index in [-0.39, 0.29) is 5.12 Å². The summed E-state index contributed by atoms with van der Waals surface area (Å²) in [7, 11) is 0. The summed E-state index contributed by atoms with van der Waals surface area (Å²) >= 11 is 1.39. The molecule has 0 N–H and O–H groups in total. The molecule has 0 unspecified atom stereocenters. The van der Waals surface area contributed by atoms with E-state index < -0.39 is 0 Å². The van der Waals surface area contributed by atoms with Crippen LogP contribution in [0.25, 0.3) is 0 Å². The van der Waals surface area contributed by atoms with Gasteiger partial charge in [-0.1, -0.05) is 53.7 Å². The summed E-state index contributed by atoms with van der Waals surface area (Å²) in [6.07, 6.45) is 2.51. The minimum absolute atomic E-state index is 0.236. The minimum Gasteiger partial charge on any atom is -0.287 e. The van der Waals surface area contributed by atoms with Gasteiger partial charge in [-0.05, 0) is 19.4 Å². The number of allylic oxidation sites excluding steroid dienone is 2. The van der Waals surface area contributed by atoms with Gasteiger partial charge >= 0.3 is 0 Å². The highest BCUT2D eigenvalue weighted by molar-refractivity contribution is 8.12. The molecule has 1 aromatic rings. The Morgan fingerprint density at radius 2 is 1.93 bits per heavy atom. The minimum atomic E-state index is 0.236. The zero-order valence-corrected chi connectivity index (χ0v) is 10.0. The Bertz CT molecular complexity index is 337. The Balaban J connectivity index is 2.32. The molecule has 2 heteroatoms. The molecule has 0 aliphatic rings. The van der Waals surface area contributed by atoms with Crippen molar-refractivity contribution in [1.29, 1.82) is 0 Å². The van der Waals surface area contributed by atoms with Gasteiger partial charge in [0.1, 0.15) is 0 Å². The zero-order chi connectivity index (χ0) is 11.1. The fourth-order valence-electron chi connectivity index (χ4n) is 1.08. The summed E-state index contributed by atoms with van der Waals surface area (Å²) in [5.74, 6) is 0.774. The molecule has 0 aromatic heterocycles. The maximum Gasteiger partial charge on any atom is 0.193 e. The van der Waals surface area contributed by atoms with E-state index in [1.54, 1.807) is 0 Å². The smallest absolute Gasteiger partial charge is 0.193 e. The quantitative estimate of drug-likeness (QED) is 0.718. The van der Waals surface area contributed by atoms with Gasteiger partial charge in [0.2, 0.25) is 0 Å². The highest BCUT2D eigenvalue weighted by atomic mass is 32.2. The van der Waals surface area contributed by atoms with Gasteiger partial charge in [-0.25, -0.2) is 0 Å². The third-order valence-corrected chi connectivity index (χ3v) is 2.89. The normalized spacial score (nSPS) is 9.73. The molecule has 0 amide bonds. The van der Waals surface area contributed by atoms with E-state index in [2.05, 4.69) is 0 Å². The first kappa shape index (κ1) is 12.1. The molecular weight excluding hydrogens is 204 g/mol. The second-order valence-electron chi connectivity index (χ2n) is 3.63. The van der Waals surface area contributed by atoms with E-state index in [0.29, 0.717) is 6.42 Å². The van der Waals surface area contributed by atoms with Crippen LogP contribution in [0.3, 0.4) is 0 Å². The van der Waals surface area contributed by atoms with Crippen LogP contribution in [0, 0.1) is 0 Å². The highest BCUT2D eigenvalue weighted by Crippen LogP contribution is 2.14. The van der Waals surface area contributed by atoms with Gasteiger partial charge in [0.25, 0.3) is 0 Å². The summed E-state index contributed by atoms with van der Waals surface area (Å²) in [4.78, 5) is 11.4. The molecule has 0 saturated carbocycles. The molecule has 0 radical (unpaired) electrons. The lowest BCUT2D eigenvalue weighted by Crippen LogP contribution is -1.90. The second-order valence-corrected chi connectivity index (χ2v) is 4.66. The summed E-state index contributed by atoms with van der Waals surface area (Å²) in [6, 6.07) is 10.1. The maximum absolute atomic E-state index is 11.4.